The number of rotatable bonds is 2. The molecule has 0 aromatic heterocycles. The molecule has 0 radical (unpaired) electrons. The third-order valence-electron chi connectivity index (χ3n) is 2.28. The summed E-state index contributed by atoms with van der Waals surface area (Å²) in [6.07, 6.45) is -0.736. The summed E-state index contributed by atoms with van der Waals surface area (Å²) in [7, 11) is 0. The van der Waals surface area contributed by atoms with Crippen LogP contribution < -0.4 is 16.0 Å². The Morgan fingerprint density at radius 1 is 1.40 bits per heavy atom. The molecule has 78 valence electrons. The van der Waals surface area contributed by atoms with Gasteiger partial charge in [0.15, 0.2) is 6.17 Å². The van der Waals surface area contributed by atoms with Crippen LogP contribution in [0.5, 0.6) is 0 Å². The van der Waals surface area contributed by atoms with Gasteiger partial charge in [-0.25, -0.2) is 0 Å². The average Bonchev–Trinajstić information content (AvgIpc) is 2.62. The Morgan fingerprint density at radius 2 is 2.07 bits per heavy atom. The van der Waals surface area contributed by atoms with Gasteiger partial charge in [0.1, 0.15) is 0 Å². The molecule has 0 spiro atoms. The fraction of sp³-hybridized carbons (Fsp3) is 0.200. The predicted molar refractivity (Wildman–Crippen MR) is 54.9 cm³/mol. The minimum Gasteiger partial charge on any atom is -0.366 e. The van der Waals surface area contributed by atoms with Crippen LogP contribution >= 0.6 is 0 Å². The van der Waals surface area contributed by atoms with E-state index >= 15 is 0 Å². The van der Waals surface area contributed by atoms with E-state index < -0.39 is 12.1 Å². The molecule has 2 rings (SSSR count). The molecular weight excluding hydrogens is 194 g/mol. The topological polar surface area (TPSA) is 75.4 Å². The van der Waals surface area contributed by atoms with Crippen molar-refractivity contribution in [1.82, 2.24) is 5.32 Å². The van der Waals surface area contributed by atoms with E-state index in [1.54, 1.807) is 4.90 Å². The third kappa shape index (κ3) is 1.76. The Morgan fingerprint density at radius 3 is 2.67 bits per heavy atom. The van der Waals surface area contributed by atoms with Crippen LogP contribution in [-0.4, -0.2) is 24.5 Å². The van der Waals surface area contributed by atoms with E-state index in [2.05, 4.69) is 5.32 Å². The van der Waals surface area contributed by atoms with Crippen LogP contribution in [0.15, 0.2) is 30.3 Å². The normalized spacial score (nSPS) is 20.1. The van der Waals surface area contributed by atoms with E-state index in [1.807, 2.05) is 30.3 Å². The van der Waals surface area contributed by atoms with Gasteiger partial charge in [0, 0.05) is 5.69 Å². The molecule has 15 heavy (non-hydrogen) atoms. The Hall–Kier alpha value is -2.04. The highest BCUT2D eigenvalue weighted by atomic mass is 16.2. The molecule has 0 bridgehead atoms. The van der Waals surface area contributed by atoms with Crippen molar-refractivity contribution in [2.24, 2.45) is 5.73 Å². The molecule has 1 aromatic rings. The highest BCUT2D eigenvalue weighted by molar-refractivity contribution is 5.95. The molecule has 1 aromatic carbocycles. The highest BCUT2D eigenvalue weighted by Gasteiger charge is 2.33. The molecule has 1 atom stereocenters. The molecule has 5 heteroatoms. The van der Waals surface area contributed by atoms with Gasteiger partial charge in [0.25, 0.3) is 5.91 Å². The molecule has 1 fully saturated rings. The van der Waals surface area contributed by atoms with E-state index in [1.165, 1.54) is 0 Å². The zero-order valence-corrected chi connectivity index (χ0v) is 8.01. The van der Waals surface area contributed by atoms with E-state index in [-0.39, 0.29) is 12.5 Å². The van der Waals surface area contributed by atoms with Crippen molar-refractivity contribution in [1.29, 1.82) is 0 Å². The maximum absolute atomic E-state index is 11.2. The maximum Gasteiger partial charge on any atom is 0.260 e. The summed E-state index contributed by atoms with van der Waals surface area (Å²) < 4.78 is 0. The smallest absolute Gasteiger partial charge is 0.260 e. The zero-order valence-electron chi connectivity index (χ0n) is 8.01. The lowest BCUT2D eigenvalue weighted by molar-refractivity contribution is -0.123. The van der Waals surface area contributed by atoms with Gasteiger partial charge in [-0.3, -0.25) is 9.59 Å². The van der Waals surface area contributed by atoms with Crippen molar-refractivity contribution < 1.29 is 9.59 Å². The van der Waals surface area contributed by atoms with Crippen LogP contribution in [-0.2, 0) is 9.59 Å². The van der Waals surface area contributed by atoms with E-state index in [0.29, 0.717) is 0 Å². The van der Waals surface area contributed by atoms with Crippen molar-refractivity contribution in [3.8, 4) is 0 Å². The van der Waals surface area contributed by atoms with Crippen molar-refractivity contribution in [2.45, 2.75) is 6.17 Å². The molecular formula is C10H11N3O2. The molecule has 2 amide bonds. The van der Waals surface area contributed by atoms with Crippen molar-refractivity contribution in [3.05, 3.63) is 30.3 Å². The van der Waals surface area contributed by atoms with Crippen molar-refractivity contribution in [2.75, 3.05) is 11.4 Å². The van der Waals surface area contributed by atoms with Gasteiger partial charge in [-0.05, 0) is 12.1 Å². The summed E-state index contributed by atoms with van der Waals surface area (Å²) in [5.74, 6) is -0.743. The number of para-hydroxylation sites is 1. The Labute approximate surface area is 86.9 Å². The zero-order chi connectivity index (χ0) is 10.8. The predicted octanol–water partition coefficient (Wildman–Crippen LogP) is -0.566. The second kappa shape index (κ2) is 3.61. The lowest BCUT2D eigenvalue weighted by Crippen LogP contribution is -2.47. The lowest BCUT2D eigenvalue weighted by Gasteiger charge is -2.22. The molecule has 3 N–H and O–H groups in total. The van der Waals surface area contributed by atoms with Crippen LogP contribution in [0.2, 0.25) is 0 Å². The second-order valence-electron chi connectivity index (χ2n) is 3.34. The number of hydrogen-bond acceptors (Lipinski definition) is 3. The van der Waals surface area contributed by atoms with Gasteiger partial charge in [-0.1, -0.05) is 18.2 Å². The quantitative estimate of drug-likeness (QED) is 0.679. The van der Waals surface area contributed by atoms with Gasteiger partial charge in [-0.2, -0.15) is 0 Å². The number of primary amides is 1. The number of hydrogen-bond donors (Lipinski definition) is 2. The monoisotopic (exact) mass is 205 g/mol. The number of anilines is 1. The molecule has 0 aliphatic carbocycles. The molecule has 1 aliphatic rings. The molecule has 1 aliphatic heterocycles. The SMILES string of the molecule is NC(=O)C1NC(=O)CN1c1ccccc1. The standard InChI is InChI=1S/C10H11N3O2/c11-9(15)10-12-8(14)6-13(10)7-4-2-1-3-5-7/h1-5,10H,6H2,(H2,11,15)(H,12,14). The van der Waals surface area contributed by atoms with Crippen LogP contribution in [0.3, 0.4) is 0 Å². The highest BCUT2D eigenvalue weighted by Crippen LogP contribution is 2.17. The average molecular weight is 205 g/mol. The summed E-state index contributed by atoms with van der Waals surface area (Å²) in [6, 6.07) is 9.22. The Bertz CT molecular complexity index is 391. The van der Waals surface area contributed by atoms with Gasteiger partial charge in [0.2, 0.25) is 5.91 Å². The number of carbonyl (C=O) groups is 2. The van der Waals surface area contributed by atoms with Crippen LogP contribution in [0.4, 0.5) is 5.69 Å². The molecule has 0 saturated carbocycles. The van der Waals surface area contributed by atoms with Crippen molar-refractivity contribution in [3.63, 3.8) is 0 Å². The number of carbonyl (C=O) groups excluding carboxylic acids is 2. The van der Waals surface area contributed by atoms with Crippen LogP contribution in [0.1, 0.15) is 0 Å². The largest absolute Gasteiger partial charge is 0.366 e. The van der Waals surface area contributed by atoms with Gasteiger partial charge in [-0.15, -0.1) is 0 Å². The number of nitrogens with two attached hydrogens (primary N) is 1. The summed E-state index contributed by atoms with van der Waals surface area (Å²) in [6.45, 7) is 0.164. The van der Waals surface area contributed by atoms with Crippen LogP contribution in [0, 0.1) is 0 Å². The molecule has 1 unspecified atom stereocenters. The van der Waals surface area contributed by atoms with Gasteiger partial charge in [0.05, 0.1) is 6.54 Å². The first-order chi connectivity index (χ1) is 7.18. The minimum absolute atomic E-state index is 0.164. The number of nitrogens with one attached hydrogen (secondary N) is 1. The Balaban J connectivity index is 2.28. The number of amides is 2. The summed E-state index contributed by atoms with van der Waals surface area (Å²) in [5.41, 5.74) is 6.00. The Kier molecular flexibility index (Phi) is 2.29. The van der Waals surface area contributed by atoms with E-state index in [9.17, 15) is 9.59 Å². The maximum atomic E-state index is 11.2. The molecule has 1 saturated heterocycles. The van der Waals surface area contributed by atoms with E-state index in [4.69, 9.17) is 5.73 Å². The second-order valence-corrected chi connectivity index (χ2v) is 3.34. The minimum atomic E-state index is -0.736. The molecule has 5 nitrogen and oxygen atoms in total. The first-order valence-corrected chi connectivity index (χ1v) is 4.59. The fourth-order valence-corrected chi connectivity index (χ4v) is 1.61. The fourth-order valence-electron chi connectivity index (χ4n) is 1.61. The van der Waals surface area contributed by atoms with Gasteiger partial charge < -0.3 is 16.0 Å². The molecule has 1 heterocycles. The van der Waals surface area contributed by atoms with Gasteiger partial charge >= 0.3 is 0 Å². The van der Waals surface area contributed by atoms with Crippen LogP contribution in [0.25, 0.3) is 0 Å². The summed E-state index contributed by atoms with van der Waals surface area (Å²) in [5, 5.41) is 2.51. The first-order valence-electron chi connectivity index (χ1n) is 4.59. The lowest BCUT2D eigenvalue weighted by atomic mass is 10.3. The first kappa shape index (κ1) is 9.51. The summed E-state index contributed by atoms with van der Waals surface area (Å²) in [4.78, 5) is 23.9. The number of benzene rings is 1. The van der Waals surface area contributed by atoms with E-state index in [0.717, 1.165) is 5.69 Å². The number of nitrogens with zero attached hydrogens (tertiary/aromatic N) is 1. The van der Waals surface area contributed by atoms with Crippen molar-refractivity contribution >= 4 is 17.5 Å². The summed E-state index contributed by atoms with van der Waals surface area (Å²) >= 11 is 0. The third-order valence-corrected chi connectivity index (χ3v) is 2.28.